The van der Waals surface area contributed by atoms with Crippen molar-refractivity contribution in [1.82, 2.24) is 5.32 Å². The van der Waals surface area contributed by atoms with Crippen LogP contribution in [-0.2, 0) is 10.2 Å². The summed E-state index contributed by atoms with van der Waals surface area (Å²) >= 11 is 6.45. The van der Waals surface area contributed by atoms with Crippen LogP contribution in [0.2, 0.25) is 5.02 Å². The van der Waals surface area contributed by atoms with Crippen molar-refractivity contribution in [1.29, 1.82) is 0 Å². The standard InChI is InChI=1S/C21H25ClN2O4/c1-13(25)23-12-21(2,3)16-8-7-15(11-17(16)22)24-20(26)14-6-9-18(27-4)19(10-14)28-5/h6-11H,12H2,1-5H3,(H,23,25)(H,24,26). The number of halogens is 1. The lowest BCUT2D eigenvalue weighted by atomic mass is 9.84. The summed E-state index contributed by atoms with van der Waals surface area (Å²) in [5.41, 5.74) is 1.54. The Morgan fingerprint density at radius 3 is 2.29 bits per heavy atom. The van der Waals surface area contributed by atoms with Crippen molar-refractivity contribution in [3.05, 3.63) is 52.5 Å². The van der Waals surface area contributed by atoms with Gasteiger partial charge in [0.2, 0.25) is 5.91 Å². The second-order valence-electron chi connectivity index (χ2n) is 7.01. The number of rotatable bonds is 7. The van der Waals surface area contributed by atoms with Crippen molar-refractivity contribution in [2.24, 2.45) is 0 Å². The zero-order valence-electron chi connectivity index (χ0n) is 16.7. The number of amides is 2. The molecule has 0 bridgehead atoms. The molecule has 2 aromatic rings. The lowest BCUT2D eigenvalue weighted by molar-refractivity contribution is -0.119. The van der Waals surface area contributed by atoms with Gasteiger partial charge in [0.15, 0.2) is 11.5 Å². The minimum atomic E-state index is -0.353. The van der Waals surface area contributed by atoms with Gasteiger partial charge < -0.3 is 20.1 Å². The van der Waals surface area contributed by atoms with Crippen molar-refractivity contribution >= 4 is 29.1 Å². The van der Waals surface area contributed by atoms with Crippen LogP contribution in [0.15, 0.2) is 36.4 Å². The first-order chi connectivity index (χ1) is 13.2. The van der Waals surface area contributed by atoms with E-state index in [0.717, 1.165) is 5.56 Å². The monoisotopic (exact) mass is 404 g/mol. The summed E-state index contributed by atoms with van der Waals surface area (Å²) in [5.74, 6) is 0.640. The zero-order chi connectivity index (χ0) is 20.9. The van der Waals surface area contributed by atoms with Crippen LogP contribution in [0.1, 0.15) is 36.7 Å². The molecule has 6 nitrogen and oxygen atoms in total. The van der Waals surface area contributed by atoms with Gasteiger partial charge in [-0.25, -0.2) is 0 Å². The van der Waals surface area contributed by atoms with E-state index >= 15 is 0 Å². The van der Waals surface area contributed by atoms with Crippen molar-refractivity contribution in [3.8, 4) is 11.5 Å². The highest BCUT2D eigenvalue weighted by atomic mass is 35.5. The normalized spacial score (nSPS) is 10.9. The summed E-state index contributed by atoms with van der Waals surface area (Å²) in [7, 11) is 3.05. The van der Waals surface area contributed by atoms with Crippen LogP contribution in [0.5, 0.6) is 11.5 Å². The molecule has 2 aromatic carbocycles. The fourth-order valence-electron chi connectivity index (χ4n) is 2.76. The molecule has 2 rings (SSSR count). The van der Waals surface area contributed by atoms with Gasteiger partial charge in [0.25, 0.3) is 5.91 Å². The lowest BCUT2D eigenvalue weighted by Gasteiger charge is -2.27. The van der Waals surface area contributed by atoms with Crippen molar-refractivity contribution in [3.63, 3.8) is 0 Å². The van der Waals surface area contributed by atoms with Crippen LogP contribution in [0.4, 0.5) is 5.69 Å². The third-order valence-electron chi connectivity index (χ3n) is 4.38. The van der Waals surface area contributed by atoms with Gasteiger partial charge in [-0.15, -0.1) is 0 Å². The van der Waals surface area contributed by atoms with E-state index in [-0.39, 0.29) is 17.2 Å². The molecule has 0 saturated carbocycles. The highest BCUT2D eigenvalue weighted by Crippen LogP contribution is 2.32. The predicted molar refractivity (Wildman–Crippen MR) is 111 cm³/mol. The molecule has 0 aliphatic carbocycles. The van der Waals surface area contributed by atoms with Gasteiger partial charge in [-0.05, 0) is 35.9 Å². The SMILES string of the molecule is COc1ccc(C(=O)Nc2ccc(C(C)(C)CNC(C)=O)c(Cl)c2)cc1OC. The molecule has 0 atom stereocenters. The van der Waals surface area contributed by atoms with E-state index in [1.54, 1.807) is 30.3 Å². The molecule has 2 amide bonds. The summed E-state index contributed by atoms with van der Waals surface area (Å²) in [6, 6.07) is 10.3. The maximum atomic E-state index is 12.6. The molecule has 150 valence electrons. The maximum Gasteiger partial charge on any atom is 0.255 e. The number of hydrogen-bond acceptors (Lipinski definition) is 4. The van der Waals surface area contributed by atoms with Gasteiger partial charge >= 0.3 is 0 Å². The number of benzene rings is 2. The molecule has 0 heterocycles. The predicted octanol–water partition coefficient (Wildman–Crippen LogP) is 4.02. The van der Waals surface area contributed by atoms with Crippen LogP contribution < -0.4 is 20.1 Å². The Kier molecular flexibility index (Phi) is 6.91. The van der Waals surface area contributed by atoms with Crippen molar-refractivity contribution in [2.45, 2.75) is 26.2 Å². The number of anilines is 1. The van der Waals surface area contributed by atoms with E-state index in [0.29, 0.717) is 34.3 Å². The number of ether oxygens (including phenoxy) is 2. The lowest BCUT2D eigenvalue weighted by Crippen LogP contribution is -2.35. The van der Waals surface area contributed by atoms with Gasteiger partial charge in [0.1, 0.15) is 0 Å². The Bertz CT molecular complexity index is 881. The minimum absolute atomic E-state index is 0.0944. The van der Waals surface area contributed by atoms with Gasteiger partial charge in [-0.3, -0.25) is 9.59 Å². The van der Waals surface area contributed by atoms with E-state index in [2.05, 4.69) is 10.6 Å². The van der Waals surface area contributed by atoms with Gasteiger partial charge in [0.05, 0.1) is 14.2 Å². The largest absolute Gasteiger partial charge is 0.493 e. The van der Waals surface area contributed by atoms with E-state index in [9.17, 15) is 9.59 Å². The molecule has 2 N–H and O–H groups in total. The number of hydrogen-bond donors (Lipinski definition) is 2. The highest BCUT2D eigenvalue weighted by molar-refractivity contribution is 6.31. The molecule has 7 heteroatoms. The topological polar surface area (TPSA) is 76.7 Å². The second-order valence-corrected chi connectivity index (χ2v) is 7.42. The summed E-state index contributed by atoms with van der Waals surface area (Å²) in [6.45, 7) is 5.92. The average Bonchev–Trinajstić information content (AvgIpc) is 2.65. The molecule has 28 heavy (non-hydrogen) atoms. The molecular formula is C21H25ClN2O4. The van der Waals surface area contributed by atoms with Gasteiger partial charge in [-0.2, -0.15) is 0 Å². The molecule has 0 fully saturated rings. The van der Waals surface area contributed by atoms with E-state index in [4.69, 9.17) is 21.1 Å². The van der Waals surface area contributed by atoms with Crippen LogP contribution in [0, 0.1) is 0 Å². The Hall–Kier alpha value is -2.73. The van der Waals surface area contributed by atoms with Gasteiger partial charge in [0, 0.05) is 35.2 Å². The van der Waals surface area contributed by atoms with E-state index < -0.39 is 0 Å². The minimum Gasteiger partial charge on any atom is -0.493 e. The summed E-state index contributed by atoms with van der Waals surface area (Å²) in [4.78, 5) is 23.7. The molecule has 0 unspecified atom stereocenters. The molecule has 0 aromatic heterocycles. The average molecular weight is 405 g/mol. The molecule has 0 aliphatic rings. The third kappa shape index (κ3) is 5.16. The molecule has 0 spiro atoms. The van der Waals surface area contributed by atoms with Crippen molar-refractivity contribution < 1.29 is 19.1 Å². The van der Waals surface area contributed by atoms with Crippen molar-refractivity contribution in [2.75, 3.05) is 26.1 Å². The number of nitrogens with one attached hydrogen (secondary N) is 2. The van der Waals surface area contributed by atoms with Crippen LogP contribution in [-0.4, -0.2) is 32.6 Å². The quantitative estimate of drug-likeness (QED) is 0.730. The molecule has 0 saturated heterocycles. The Balaban J connectivity index is 2.18. The highest BCUT2D eigenvalue weighted by Gasteiger charge is 2.24. The Labute approximate surface area is 170 Å². The second kappa shape index (κ2) is 8.97. The third-order valence-corrected chi connectivity index (χ3v) is 4.69. The number of methoxy groups -OCH3 is 2. The zero-order valence-corrected chi connectivity index (χ0v) is 17.4. The summed E-state index contributed by atoms with van der Waals surface area (Å²) in [5, 5.41) is 6.15. The summed E-state index contributed by atoms with van der Waals surface area (Å²) < 4.78 is 10.4. The van der Waals surface area contributed by atoms with Crippen LogP contribution in [0.3, 0.4) is 0 Å². The number of carbonyl (C=O) groups is 2. The van der Waals surface area contributed by atoms with E-state index in [1.807, 2.05) is 19.9 Å². The fraction of sp³-hybridized carbons (Fsp3) is 0.333. The molecular weight excluding hydrogens is 380 g/mol. The maximum absolute atomic E-state index is 12.6. The molecule has 0 radical (unpaired) electrons. The smallest absolute Gasteiger partial charge is 0.255 e. The van der Waals surface area contributed by atoms with Gasteiger partial charge in [-0.1, -0.05) is 31.5 Å². The fourth-order valence-corrected chi connectivity index (χ4v) is 3.20. The first-order valence-electron chi connectivity index (χ1n) is 8.76. The van der Waals surface area contributed by atoms with Crippen LogP contribution in [0.25, 0.3) is 0 Å². The van der Waals surface area contributed by atoms with E-state index in [1.165, 1.54) is 21.1 Å². The Morgan fingerprint density at radius 1 is 1.04 bits per heavy atom. The Morgan fingerprint density at radius 2 is 1.71 bits per heavy atom. The molecule has 0 aliphatic heterocycles. The van der Waals surface area contributed by atoms with Crippen LogP contribution >= 0.6 is 11.6 Å². The summed E-state index contributed by atoms with van der Waals surface area (Å²) in [6.07, 6.45) is 0. The number of carbonyl (C=O) groups excluding carboxylic acids is 2. The first-order valence-corrected chi connectivity index (χ1v) is 9.13. The first kappa shape index (κ1) is 21.6.